The molecule has 1 saturated heterocycles. The fourth-order valence-electron chi connectivity index (χ4n) is 3.79. The van der Waals surface area contributed by atoms with E-state index >= 15 is 0 Å². The fourth-order valence-corrected chi connectivity index (χ4v) is 5.12. The molecule has 1 aliphatic heterocycles. The predicted molar refractivity (Wildman–Crippen MR) is 119 cm³/mol. The first kappa shape index (κ1) is 22.0. The van der Waals surface area contributed by atoms with E-state index < -0.39 is 0 Å². The van der Waals surface area contributed by atoms with E-state index in [-0.39, 0.29) is 18.0 Å². The standard InChI is InChI=1S/C22H34N4O2S/c1-3-17(2)23-21(27)16-25-12-14-26(15-13-25)22(28)24-19-10-6-7-11-20(19)29-18-8-4-5-9-18/h6-7,10-11,17-18H,3-5,8-9,12-16H2,1-2H3,(H,23,27)(H,24,28). The Morgan fingerprint density at radius 2 is 1.83 bits per heavy atom. The van der Waals surface area contributed by atoms with Crippen molar-refractivity contribution in [3.8, 4) is 0 Å². The van der Waals surface area contributed by atoms with E-state index in [1.807, 2.05) is 41.8 Å². The van der Waals surface area contributed by atoms with Gasteiger partial charge in [0.05, 0.1) is 12.2 Å². The van der Waals surface area contributed by atoms with Crippen LogP contribution in [0.2, 0.25) is 0 Å². The van der Waals surface area contributed by atoms with Crippen molar-refractivity contribution in [2.45, 2.75) is 62.1 Å². The molecule has 29 heavy (non-hydrogen) atoms. The summed E-state index contributed by atoms with van der Waals surface area (Å²) in [5.74, 6) is 0.0649. The van der Waals surface area contributed by atoms with Crippen molar-refractivity contribution in [2.75, 3.05) is 38.0 Å². The van der Waals surface area contributed by atoms with Crippen LogP contribution in [0.5, 0.6) is 0 Å². The Bertz CT molecular complexity index is 685. The molecule has 1 unspecified atom stereocenters. The lowest BCUT2D eigenvalue weighted by Gasteiger charge is -2.34. The number of benzene rings is 1. The fraction of sp³-hybridized carbons (Fsp3) is 0.636. The summed E-state index contributed by atoms with van der Waals surface area (Å²) in [7, 11) is 0. The maximum Gasteiger partial charge on any atom is 0.321 e. The first-order chi connectivity index (χ1) is 14.0. The van der Waals surface area contributed by atoms with E-state index in [1.54, 1.807) is 0 Å². The van der Waals surface area contributed by atoms with Gasteiger partial charge >= 0.3 is 6.03 Å². The van der Waals surface area contributed by atoms with Crippen LogP contribution in [0, 0.1) is 0 Å². The van der Waals surface area contributed by atoms with Gasteiger partial charge in [-0.05, 0) is 38.3 Å². The monoisotopic (exact) mass is 418 g/mol. The molecule has 0 spiro atoms. The largest absolute Gasteiger partial charge is 0.353 e. The molecule has 1 aliphatic carbocycles. The normalized spacial score (nSPS) is 19.2. The Labute approximate surface area is 178 Å². The van der Waals surface area contributed by atoms with Gasteiger partial charge in [0.25, 0.3) is 0 Å². The number of amides is 3. The molecule has 1 atom stereocenters. The van der Waals surface area contributed by atoms with Crippen LogP contribution in [0.4, 0.5) is 10.5 Å². The molecule has 0 bridgehead atoms. The molecule has 160 valence electrons. The zero-order valence-corrected chi connectivity index (χ0v) is 18.5. The zero-order valence-electron chi connectivity index (χ0n) is 17.7. The van der Waals surface area contributed by atoms with Gasteiger partial charge in [-0.15, -0.1) is 11.8 Å². The van der Waals surface area contributed by atoms with Gasteiger partial charge in [-0.1, -0.05) is 31.9 Å². The Balaban J connectivity index is 1.47. The number of piperazine rings is 1. The number of para-hydroxylation sites is 1. The third-order valence-electron chi connectivity index (χ3n) is 5.77. The van der Waals surface area contributed by atoms with E-state index in [0.717, 1.165) is 30.1 Å². The molecule has 3 rings (SSSR count). The number of hydrogen-bond acceptors (Lipinski definition) is 4. The summed E-state index contributed by atoms with van der Waals surface area (Å²) in [6, 6.07) is 8.26. The molecule has 0 radical (unpaired) electrons. The summed E-state index contributed by atoms with van der Waals surface area (Å²) in [4.78, 5) is 30.0. The number of carbonyl (C=O) groups is 2. The first-order valence-electron chi connectivity index (χ1n) is 10.9. The second kappa shape index (κ2) is 10.9. The molecular weight excluding hydrogens is 384 g/mol. The van der Waals surface area contributed by atoms with Gasteiger partial charge in [0.1, 0.15) is 0 Å². The lowest BCUT2D eigenvalue weighted by molar-refractivity contribution is -0.123. The quantitative estimate of drug-likeness (QED) is 0.707. The van der Waals surface area contributed by atoms with Crippen LogP contribution in [0.15, 0.2) is 29.2 Å². The average Bonchev–Trinajstić information content (AvgIpc) is 3.23. The van der Waals surface area contributed by atoms with Gasteiger partial charge in [0, 0.05) is 42.4 Å². The van der Waals surface area contributed by atoms with Crippen molar-refractivity contribution in [2.24, 2.45) is 0 Å². The van der Waals surface area contributed by atoms with Crippen molar-refractivity contribution in [1.82, 2.24) is 15.1 Å². The van der Waals surface area contributed by atoms with Crippen LogP contribution in [-0.2, 0) is 4.79 Å². The molecule has 7 heteroatoms. The third-order valence-corrected chi connectivity index (χ3v) is 7.19. The molecule has 2 aliphatic rings. The maximum atomic E-state index is 12.8. The van der Waals surface area contributed by atoms with Crippen LogP contribution < -0.4 is 10.6 Å². The molecule has 1 aromatic carbocycles. The number of carbonyl (C=O) groups excluding carboxylic acids is 2. The zero-order chi connectivity index (χ0) is 20.6. The molecule has 1 heterocycles. The van der Waals surface area contributed by atoms with Crippen LogP contribution in [0.25, 0.3) is 0 Å². The van der Waals surface area contributed by atoms with Crippen LogP contribution >= 0.6 is 11.8 Å². The van der Waals surface area contributed by atoms with Crippen molar-refractivity contribution >= 4 is 29.4 Å². The van der Waals surface area contributed by atoms with Gasteiger partial charge in [-0.3, -0.25) is 9.69 Å². The highest BCUT2D eigenvalue weighted by atomic mass is 32.2. The summed E-state index contributed by atoms with van der Waals surface area (Å²) >= 11 is 1.89. The van der Waals surface area contributed by atoms with E-state index in [0.29, 0.717) is 24.9 Å². The van der Waals surface area contributed by atoms with Gasteiger partial charge in [-0.25, -0.2) is 4.79 Å². The average molecular weight is 419 g/mol. The van der Waals surface area contributed by atoms with Crippen LogP contribution in [0.3, 0.4) is 0 Å². The molecule has 0 aromatic heterocycles. The number of nitrogens with zero attached hydrogens (tertiary/aromatic N) is 2. The van der Waals surface area contributed by atoms with Crippen molar-refractivity contribution in [3.63, 3.8) is 0 Å². The minimum Gasteiger partial charge on any atom is -0.353 e. The highest BCUT2D eigenvalue weighted by molar-refractivity contribution is 8.00. The van der Waals surface area contributed by atoms with E-state index in [4.69, 9.17) is 0 Å². The van der Waals surface area contributed by atoms with E-state index in [2.05, 4.69) is 28.5 Å². The Kier molecular flexibility index (Phi) is 8.24. The number of rotatable bonds is 7. The van der Waals surface area contributed by atoms with Crippen molar-refractivity contribution < 1.29 is 9.59 Å². The van der Waals surface area contributed by atoms with Crippen LogP contribution in [0.1, 0.15) is 46.0 Å². The number of hydrogen-bond donors (Lipinski definition) is 2. The predicted octanol–water partition coefficient (Wildman–Crippen LogP) is 3.79. The topological polar surface area (TPSA) is 64.7 Å². The summed E-state index contributed by atoms with van der Waals surface area (Å²) in [6.07, 6.45) is 6.08. The van der Waals surface area contributed by atoms with Gasteiger partial charge in [0.15, 0.2) is 0 Å². The molecule has 2 fully saturated rings. The lowest BCUT2D eigenvalue weighted by atomic mass is 10.2. The summed E-state index contributed by atoms with van der Waals surface area (Å²) in [5.41, 5.74) is 0.907. The molecule has 3 amide bonds. The molecular formula is C22H34N4O2S. The lowest BCUT2D eigenvalue weighted by Crippen LogP contribution is -2.52. The minimum absolute atomic E-state index is 0.0480. The Morgan fingerprint density at radius 1 is 1.14 bits per heavy atom. The highest BCUT2D eigenvalue weighted by Crippen LogP contribution is 2.38. The molecule has 1 saturated carbocycles. The number of anilines is 1. The molecule has 6 nitrogen and oxygen atoms in total. The second-order valence-electron chi connectivity index (χ2n) is 8.09. The van der Waals surface area contributed by atoms with Gasteiger partial charge < -0.3 is 15.5 Å². The maximum absolute atomic E-state index is 12.8. The van der Waals surface area contributed by atoms with E-state index in [9.17, 15) is 9.59 Å². The van der Waals surface area contributed by atoms with Crippen molar-refractivity contribution in [1.29, 1.82) is 0 Å². The van der Waals surface area contributed by atoms with Gasteiger partial charge in [-0.2, -0.15) is 0 Å². The van der Waals surface area contributed by atoms with Crippen molar-refractivity contribution in [3.05, 3.63) is 24.3 Å². The van der Waals surface area contributed by atoms with Gasteiger partial charge in [0.2, 0.25) is 5.91 Å². The summed E-state index contributed by atoms with van der Waals surface area (Å²) in [6.45, 7) is 7.21. The first-order valence-corrected chi connectivity index (χ1v) is 11.8. The summed E-state index contributed by atoms with van der Waals surface area (Å²) in [5, 5.41) is 6.78. The smallest absolute Gasteiger partial charge is 0.321 e. The molecule has 1 aromatic rings. The third kappa shape index (κ3) is 6.64. The summed E-state index contributed by atoms with van der Waals surface area (Å²) < 4.78 is 0. The highest BCUT2D eigenvalue weighted by Gasteiger charge is 2.24. The number of urea groups is 1. The molecule has 2 N–H and O–H groups in total. The SMILES string of the molecule is CCC(C)NC(=O)CN1CCN(C(=O)Nc2ccccc2SC2CCCC2)CC1. The second-order valence-corrected chi connectivity index (χ2v) is 9.43. The minimum atomic E-state index is -0.0480. The van der Waals surface area contributed by atoms with Crippen LogP contribution in [-0.4, -0.2) is 65.8 Å². The Hall–Kier alpha value is -1.73. The van der Waals surface area contributed by atoms with E-state index in [1.165, 1.54) is 25.7 Å². The number of thioether (sulfide) groups is 1. The number of nitrogens with one attached hydrogen (secondary N) is 2. The Morgan fingerprint density at radius 3 is 2.52 bits per heavy atom.